The van der Waals surface area contributed by atoms with Crippen molar-refractivity contribution in [2.45, 2.75) is 19.4 Å². The van der Waals surface area contributed by atoms with Crippen LogP contribution < -0.4 is 5.32 Å². The Morgan fingerprint density at radius 1 is 1.48 bits per heavy atom. The Morgan fingerprint density at radius 2 is 2.29 bits per heavy atom. The number of likely N-dealkylation sites (N-methyl/N-ethyl adjacent to an activating group) is 1. The first-order chi connectivity index (χ1) is 10.1. The van der Waals surface area contributed by atoms with Gasteiger partial charge in [-0.15, -0.1) is 0 Å². The summed E-state index contributed by atoms with van der Waals surface area (Å²) in [6.07, 6.45) is 0.549. The number of hydrogen-bond donors (Lipinski definition) is 1. The second-order valence-corrected chi connectivity index (χ2v) is 4.96. The predicted octanol–water partition coefficient (Wildman–Crippen LogP) is 2.70. The normalized spacial score (nSPS) is 12.6. The van der Waals surface area contributed by atoms with Crippen LogP contribution in [0.1, 0.15) is 12.8 Å². The minimum Gasteiger partial charge on any atom is -0.383 e. The molecule has 1 heterocycles. The van der Waals surface area contributed by atoms with Gasteiger partial charge in [-0.25, -0.2) is 4.39 Å². The van der Waals surface area contributed by atoms with E-state index in [4.69, 9.17) is 20.9 Å². The van der Waals surface area contributed by atoms with Gasteiger partial charge in [0.1, 0.15) is 5.82 Å². The summed E-state index contributed by atoms with van der Waals surface area (Å²) in [6, 6.07) is 4.16. The molecule has 2 aromatic rings. The second kappa shape index (κ2) is 7.49. The number of hydrogen-bond acceptors (Lipinski definition) is 5. The number of benzene rings is 1. The summed E-state index contributed by atoms with van der Waals surface area (Å²) in [5.74, 6) is 0.427. The van der Waals surface area contributed by atoms with E-state index in [1.165, 1.54) is 18.2 Å². The minimum absolute atomic E-state index is 0.0944. The summed E-state index contributed by atoms with van der Waals surface area (Å²) < 4.78 is 23.4. The van der Waals surface area contributed by atoms with E-state index in [2.05, 4.69) is 15.5 Å². The largest absolute Gasteiger partial charge is 0.383 e. The van der Waals surface area contributed by atoms with Crippen LogP contribution in [0.25, 0.3) is 11.4 Å². The number of aromatic nitrogens is 2. The van der Waals surface area contributed by atoms with Crippen LogP contribution in [-0.4, -0.2) is 36.4 Å². The summed E-state index contributed by atoms with van der Waals surface area (Å²) in [6.45, 7) is 3.38. The zero-order valence-corrected chi connectivity index (χ0v) is 12.7. The van der Waals surface area contributed by atoms with Crippen LogP contribution in [0.5, 0.6) is 0 Å². The smallest absolute Gasteiger partial charge is 0.228 e. The molecule has 1 aromatic carbocycles. The summed E-state index contributed by atoms with van der Waals surface area (Å²) in [4.78, 5) is 4.30. The molecule has 0 amide bonds. The third-order valence-corrected chi connectivity index (χ3v) is 3.23. The average Bonchev–Trinajstić information content (AvgIpc) is 2.87. The predicted molar refractivity (Wildman–Crippen MR) is 77.7 cm³/mol. The third kappa shape index (κ3) is 4.23. The van der Waals surface area contributed by atoms with E-state index in [0.717, 1.165) is 6.54 Å². The fourth-order valence-electron chi connectivity index (χ4n) is 2.01. The van der Waals surface area contributed by atoms with Crippen molar-refractivity contribution in [1.82, 2.24) is 15.5 Å². The SMILES string of the molecule is CCNC(COC)Cc1nc(-c2ccc(F)cc2Cl)no1. The van der Waals surface area contributed by atoms with Crippen molar-refractivity contribution in [3.63, 3.8) is 0 Å². The van der Waals surface area contributed by atoms with Gasteiger partial charge in [0.15, 0.2) is 0 Å². The van der Waals surface area contributed by atoms with Gasteiger partial charge in [-0.05, 0) is 24.7 Å². The molecule has 0 fully saturated rings. The van der Waals surface area contributed by atoms with Gasteiger partial charge in [0.25, 0.3) is 0 Å². The van der Waals surface area contributed by atoms with Crippen molar-refractivity contribution in [2.24, 2.45) is 0 Å². The maximum Gasteiger partial charge on any atom is 0.228 e. The monoisotopic (exact) mass is 313 g/mol. The molecule has 0 saturated carbocycles. The van der Waals surface area contributed by atoms with Crippen LogP contribution in [0.2, 0.25) is 5.02 Å². The molecule has 1 aromatic heterocycles. The Kier molecular flexibility index (Phi) is 5.67. The average molecular weight is 314 g/mol. The van der Waals surface area contributed by atoms with E-state index < -0.39 is 5.82 Å². The fraction of sp³-hybridized carbons (Fsp3) is 0.429. The highest BCUT2D eigenvalue weighted by molar-refractivity contribution is 6.33. The van der Waals surface area contributed by atoms with Gasteiger partial charge < -0.3 is 14.6 Å². The first-order valence-corrected chi connectivity index (χ1v) is 7.02. The molecule has 114 valence electrons. The Morgan fingerprint density at radius 3 is 2.95 bits per heavy atom. The van der Waals surface area contributed by atoms with Gasteiger partial charge in [0, 0.05) is 25.1 Å². The van der Waals surface area contributed by atoms with Crippen LogP contribution in [0, 0.1) is 5.82 Å². The standard InChI is InChI=1S/C14H17ClFN3O2/c1-3-17-10(8-20-2)7-13-18-14(19-21-13)11-5-4-9(16)6-12(11)15/h4-6,10,17H,3,7-8H2,1-2H3. The number of rotatable bonds is 7. The summed E-state index contributed by atoms with van der Waals surface area (Å²) in [5.41, 5.74) is 0.541. The molecule has 1 atom stereocenters. The van der Waals surface area contributed by atoms with Crippen molar-refractivity contribution in [1.29, 1.82) is 0 Å². The highest BCUT2D eigenvalue weighted by atomic mass is 35.5. The van der Waals surface area contributed by atoms with Crippen LogP contribution >= 0.6 is 11.6 Å². The van der Waals surface area contributed by atoms with Crippen molar-refractivity contribution in [2.75, 3.05) is 20.3 Å². The van der Waals surface area contributed by atoms with E-state index >= 15 is 0 Å². The lowest BCUT2D eigenvalue weighted by molar-refractivity contribution is 0.162. The molecule has 0 aliphatic carbocycles. The number of halogens is 2. The molecule has 0 spiro atoms. The van der Waals surface area contributed by atoms with Crippen molar-refractivity contribution >= 4 is 11.6 Å². The Labute approximate surface area is 127 Å². The number of nitrogens with zero attached hydrogens (tertiary/aromatic N) is 2. The van der Waals surface area contributed by atoms with Gasteiger partial charge in [0.2, 0.25) is 11.7 Å². The minimum atomic E-state index is -0.403. The van der Waals surface area contributed by atoms with Crippen molar-refractivity contribution in [3.8, 4) is 11.4 Å². The first kappa shape index (κ1) is 15.9. The topological polar surface area (TPSA) is 60.2 Å². The zero-order chi connectivity index (χ0) is 15.2. The van der Waals surface area contributed by atoms with E-state index in [1.54, 1.807) is 7.11 Å². The van der Waals surface area contributed by atoms with E-state index in [9.17, 15) is 4.39 Å². The van der Waals surface area contributed by atoms with Crippen LogP contribution in [-0.2, 0) is 11.2 Å². The molecule has 0 radical (unpaired) electrons. The third-order valence-electron chi connectivity index (χ3n) is 2.92. The number of methoxy groups -OCH3 is 1. The molecule has 0 bridgehead atoms. The van der Waals surface area contributed by atoms with Gasteiger partial charge in [0.05, 0.1) is 11.6 Å². The molecular formula is C14H17ClFN3O2. The van der Waals surface area contributed by atoms with Gasteiger partial charge in [-0.3, -0.25) is 0 Å². The molecule has 7 heteroatoms. The lowest BCUT2D eigenvalue weighted by Gasteiger charge is -2.14. The molecule has 2 rings (SSSR count). The molecule has 0 aliphatic rings. The summed E-state index contributed by atoms with van der Waals surface area (Å²) in [5, 5.41) is 7.41. The number of ether oxygens (including phenoxy) is 1. The Bertz CT molecular complexity index is 585. The van der Waals surface area contributed by atoms with Crippen molar-refractivity contribution < 1.29 is 13.7 Å². The summed E-state index contributed by atoms with van der Waals surface area (Å²) in [7, 11) is 1.64. The highest BCUT2D eigenvalue weighted by Gasteiger charge is 2.16. The maximum atomic E-state index is 13.0. The van der Waals surface area contributed by atoms with E-state index in [0.29, 0.717) is 30.3 Å². The van der Waals surface area contributed by atoms with Crippen LogP contribution in [0.4, 0.5) is 4.39 Å². The molecule has 0 saturated heterocycles. The molecule has 1 N–H and O–H groups in total. The molecule has 5 nitrogen and oxygen atoms in total. The zero-order valence-electron chi connectivity index (χ0n) is 11.9. The van der Waals surface area contributed by atoms with E-state index in [-0.39, 0.29) is 11.1 Å². The first-order valence-electron chi connectivity index (χ1n) is 6.64. The quantitative estimate of drug-likeness (QED) is 0.851. The van der Waals surface area contributed by atoms with Gasteiger partial charge >= 0.3 is 0 Å². The molecule has 0 aliphatic heterocycles. The van der Waals surface area contributed by atoms with Crippen molar-refractivity contribution in [3.05, 3.63) is 34.9 Å². The Balaban J connectivity index is 2.13. The number of nitrogens with one attached hydrogen (secondary N) is 1. The lowest BCUT2D eigenvalue weighted by Crippen LogP contribution is -2.35. The molecular weight excluding hydrogens is 297 g/mol. The second-order valence-electron chi connectivity index (χ2n) is 4.55. The molecule has 1 unspecified atom stereocenters. The van der Waals surface area contributed by atoms with E-state index in [1.807, 2.05) is 6.92 Å². The van der Waals surface area contributed by atoms with Gasteiger partial charge in [-0.1, -0.05) is 23.7 Å². The summed E-state index contributed by atoms with van der Waals surface area (Å²) >= 11 is 5.98. The van der Waals surface area contributed by atoms with Crippen LogP contribution in [0.15, 0.2) is 22.7 Å². The molecule has 21 heavy (non-hydrogen) atoms. The fourth-order valence-corrected chi connectivity index (χ4v) is 2.26. The van der Waals surface area contributed by atoms with Gasteiger partial charge in [-0.2, -0.15) is 4.98 Å². The van der Waals surface area contributed by atoms with Crippen LogP contribution in [0.3, 0.4) is 0 Å². The Hall–Kier alpha value is -1.50. The highest BCUT2D eigenvalue weighted by Crippen LogP contribution is 2.26. The lowest BCUT2D eigenvalue weighted by atomic mass is 10.2. The maximum absolute atomic E-state index is 13.0.